The van der Waals surface area contributed by atoms with Gasteiger partial charge in [0.15, 0.2) is 5.78 Å². The highest BCUT2D eigenvalue weighted by Crippen LogP contribution is 2.30. The zero-order valence-electron chi connectivity index (χ0n) is 10.9. The molecule has 0 saturated heterocycles. The van der Waals surface area contributed by atoms with Crippen LogP contribution in [0.15, 0.2) is 60.3 Å². The fourth-order valence-electron chi connectivity index (χ4n) is 2.04. The maximum absolute atomic E-state index is 12.1. The van der Waals surface area contributed by atoms with Crippen molar-refractivity contribution in [2.75, 3.05) is 10.6 Å². The summed E-state index contributed by atoms with van der Waals surface area (Å²) in [6, 6.07) is 13.9. The van der Waals surface area contributed by atoms with Crippen LogP contribution in [0.1, 0.15) is 10.4 Å². The van der Waals surface area contributed by atoms with Gasteiger partial charge in [-0.2, -0.15) is 0 Å². The molecule has 3 rings (SSSR count). The third-order valence-corrected chi connectivity index (χ3v) is 3.31. The van der Waals surface area contributed by atoms with Gasteiger partial charge in [0.2, 0.25) is 0 Å². The van der Waals surface area contributed by atoms with E-state index in [0.29, 0.717) is 22.0 Å². The van der Waals surface area contributed by atoms with E-state index in [1.807, 2.05) is 6.07 Å². The van der Waals surface area contributed by atoms with Crippen LogP contribution in [0, 0.1) is 0 Å². The van der Waals surface area contributed by atoms with E-state index in [2.05, 4.69) is 10.6 Å². The normalized spacial score (nSPS) is 15.1. The first kappa shape index (κ1) is 13.4. The molecule has 4 nitrogen and oxygen atoms in total. The molecule has 1 heterocycles. The van der Waals surface area contributed by atoms with Gasteiger partial charge in [-0.15, -0.1) is 0 Å². The number of hydrogen-bond donors (Lipinski definition) is 2. The van der Waals surface area contributed by atoms with Crippen molar-refractivity contribution < 1.29 is 9.59 Å². The van der Waals surface area contributed by atoms with Crippen molar-refractivity contribution in [3.05, 3.63) is 70.9 Å². The van der Waals surface area contributed by atoms with Gasteiger partial charge in [-0.1, -0.05) is 41.9 Å². The number of nitrogens with one attached hydrogen (secondary N) is 2. The summed E-state index contributed by atoms with van der Waals surface area (Å²) in [4.78, 5) is 24.1. The van der Waals surface area contributed by atoms with E-state index in [1.165, 1.54) is 6.08 Å². The van der Waals surface area contributed by atoms with Crippen LogP contribution in [-0.4, -0.2) is 11.7 Å². The lowest BCUT2D eigenvalue weighted by atomic mass is 10.1. The third-order valence-electron chi connectivity index (χ3n) is 3.08. The Kier molecular flexibility index (Phi) is 3.46. The van der Waals surface area contributed by atoms with Crippen LogP contribution in [-0.2, 0) is 4.79 Å². The van der Waals surface area contributed by atoms with Crippen LogP contribution >= 0.6 is 11.6 Å². The van der Waals surface area contributed by atoms with Gasteiger partial charge in [0, 0.05) is 16.7 Å². The molecule has 0 bridgehead atoms. The molecule has 0 saturated carbocycles. The molecule has 0 atom stereocenters. The van der Waals surface area contributed by atoms with E-state index < -0.39 is 0 Å². The standard InChI is InChI=1S/C16H11ClN2O2/c17-11-6-7-12-13(8-11)19-16(21)14(18-12)9-15(20)10-4-2-1-3-5-10/h1-9,18H,(H,19,21)/b14-9-. The quantitative estimate of drug-likeness (QED) is 0.659. The van der Waals surface area contributed by atoms with Crippen LogP contribution in [0.3, 0.4) is 0 Å². The van der Waals surface area contributed by atoms with E-state index >= 15 is 0 Å². The lowest BCUT2D eigenvalue weighted by Gasteiger charge is -2.21. The first-order chi connectivity index (χ1) is 10.1. The Balaban J connectivity index is 1.90. The van der Waals surface area contributed by atoms with Gasteiger partial charge in [-0.05, 0) is 18.2 Å². The van der Waals surface area contributed by atoms with Crippen molar-refractivity contribution in [3.63, 3.8) is 0 Å². The molecule has 2 N–H and O–H groups in total. The zero-order chi connectivity index (χ0) is 14.8. The summed E-state index contributed by atoms with van der Waals surface area (Å²) < 4.78 is 0. The number of amides is 1. The predicted molar refractivity (Wildman–Crippen MR) is 82.6 cm³/mol. The van der Waals surface area contributed by atoms with Gasteiger partial charge in [-0.3, -0.25) is 9.59 Å². The van der Waals surface area contributed by atoms with Crippen molar-refractivity contribution in [2.24, 2.45) is 0 Å². The largest absolute Gasteiger partial charge is 0.349 e. The predicted octanol–water partition coefficient (Wildman–Crippen LogP) is 3.47. The Morgan fingerprint density at radius 3 is 2.52 bits per heavy atom. The Labute approximate surface area is 126 Å². The summed E-state index contributed by atoms with van der Waals surface area (Å²) in [6.07, 6.45) is 1.29. The fourth-order valence-corrected chi connectivity index (χ4v) is 2.21. The van der Waals surface area contributed by atoms with E-state index in [9.17, 15) is 9.59 Å². The maximum Gasteiger partial charge on any atom is 0.272 e. The Hall–Kier alpha value is -2.59. The molecule has 1 aliphatic rings. The molecule has 2 aromatic rings. The summed E-state index contributed by atoms with van der Waals surface area (Å²) in [7, 11) is 0. The van der Waals surface area contributed by atoms with Crippen LogP contribution < -0.4 is 10.6 Å². The second-order valence-electron chi connectivity index (χ2n) is 4.56. The van der Waals surface area contributed by atoms with E-state index in [0.717, 1.165) is 0 Å². The van der Waals surface area contributed by atoms with Crippen molar-refractivity contribution in [3.8, 4) is 0 Å². The zero-order valence-corrected chi connectivity index (χ0v) is 11.6. The van der Waals surface area contributed by atoms with Crippen molar-refractivity contribution in [1.82, 2.24) is 0 Å². The molecule has 0 radical (unpaired) electrons. The molecule has 104 valence electrons. The Morgan fingerprint density at radius 1 is 1.00 bits per heavy atom. The van der Waals surface area contributed by atoms with Gasteiger partial charge in [0.25, 0.3) is 5.91 Å². The number of anilines is 2. The molecule has 0 aromatic heterocycles. The molecule has 0 fully saturated rings. The second kappa shape index (κ2) is 5.42. The van der Waals surface area contributed by atoms with Crippen molar-refractivity contribution in [2.45, 2.75) is 0 Å². The number of carbonyl (C=O) groups is 2. The van der Waals surface area contributed by atoms with Crippen molar-refractivity contribution in [1.29, 1.82) is 0 Å². The number of hydrogen-bond acceptors (Lipinski definition) is 3. The minimum absolute atomic E-state index is 0.207. The fraction of sp³-hybridized carbons (Fsp3) is 0. The first-order valence-electron chi connectivity index (χ1n) is 6.32. The maximum atomic E-state index is 12.1. The van der Waals surface area contributed by atoms with Crippen LogP contribution in [0.4, 0.5) is 11.4 Å². The monoisotopic (exact) mass is 298 g/mol. The second-order valence-corrected chi connectivity index (χ2v) is 4.99. The van der Waals surface area contributed by atoms with Gasteiger partial charge in [0.05, 0.1) is 11.4 Å². The Bertz CT molecular complexity index is 754. The summed E-state index contributed by atoms with van der Waals surface area (Å²) in [6.45, 7) is 0. The molecular formula is C16H11ClN2O2. The molecule has 0 aliphatic carbocycles. The number of fused-ring (bicyclic) bond motifs is 1. The highest BCUT2D eigenvalue weighted by atomic mass is 35.5. The van der Waals surface area contributed by atoms with E-state index in [1.54, 1.807) is 42.5 Å². The Morgan fingerprint density at radius 2 is 1.76 bits per heavy atom. The molecule has 0 unspecified atom stereocenters. The molecule has 1 aliphatic heterocycles. The van der Waals surface area contributed by atoms with Crippen LogP contribution in [0.2, 0.25) is 5.02 Å². The highest BCUT2D eigenvalue weighted by Gasteiger charge is 2.20. The SMILES string of the molecule is O=C1Nc2cc(Cl)ccc2N/C1=C\C(=O)c1ccccc1. The lowest BCUT2D eigenvalue weighted by molar-refractivity contribution is -0.112. The van der Waals surface area contributed by atoms with Gasteiger partial charge >= 0.3 is 0 Å². The number of ketones is 1. The number of carbonyl (C=O) groups excluding carboxylic acids is 2. The highest BCUT2D eigenvalue weighted by molar-refractivity contribution is 6.31. The van der Waals surface area contributed by atoms with Gasteiger partial charge in [-0.25, -0.2) is 0 Å². The molecule has 0 spiro atoms. The summed E-state index contributed by atoms with van der Waals surface area (Å²) in [5, 5.41) is 6.18. The lowest BCUT2D eigenvalue weighted by Crippen LogP contribution is -2.26. The van der Waals surface area contributed by atoms with Crippen LogP contribution in [0.5, 0.6) is 0 Å². The topological polar surface area (TPSA) is 58.2 Å². The molecule has 1 amide bonds. The number of halogens is 1. The smallest absolute Gasteiger partial charge is 0.272 e. The van der Waals surface area contributed by atoms with Crippen LogP contribution in [0.25, 0.3) is 0 Å². The van der Waals surface area contributed by atoms with Crippen molar-refractivity contribution >= 4 is 34.7 Å². The number of benzene rings is 2. The van der Waals surface area contributed by atoms with E-state index in [4.69, 9.17) is 11.6 Å². The number of allylic oxidation sites excluding steroid dienone is 1. The number of rotatable bonds is 2. The molecule has 5 heteroatoms. The summed E-state index contributed by atoms with van der Waals surface area (Å²) in [5.41, 5.74) is 2.03. The average molecular weight is 299 g/mol. The molecular weight excluding hydrogens is 288 g/mol. The summed E-state index contributed by atoms with van der Waals surface area (Å²) in [5.74, 6) is -0.597. The van der Waals surface area contributed by atoms with Gasteiger partial charge < -0.3 is 10.6 Å². The third kappa shape index (κ3) is 2.80. The minimum Gasteiger partial charge on any atom is -0.349 e. The summed E-state index contributed by atoms with van der Waals surface area (Å²) >= 11 is 5.88. The average Bonchev–Trinajstić information content (AvgIpc) is 2.49. The first-order valence-corrected chi connectivity index (χ1v) is 6.70. The minimum atomic E-state index is -0.367. The van der Waals surface area contributed by atoms with E-state index in [-0.39, 0.29) is 17.4 Å². The van der Waals surface area contributed by atoms with Gasteiger partial charge in [0.1, 0.15) is 5.70 Å². The molecule has 21 heavy (non-hydrogen) atoms. The molecule has 2 aromatic carbocycles.